The van der Waals surface area contributed by atoms with Crippen molar-refractivity contribution < 1.29 is 48.5 Å². The number of hydrogen-bond acceptors (Lipinski definition) is 4. The second kappa shape index (κ2) is 7.34. The topological polar surface area (TPSA) is 51.0 Å². The van der Waals surface area contributed by atoms with E-state index in [-0.39, 0.29) is 5.71 Å². The van der Waals surface area contributed by atoms with Crippen molar-refractivity contribution in [2.45, 2.75) is 13.8 Å². The molecule has 0 heterocycles. The molecule has 0 radical (unpaired) electrons. The number of carbonyl (C=O) groups is 1. The van der Waals surface area contributed by atoms with Crippen LogP contribution in [0.2, 0.25) is 0 Å². The van der Waals surface area contributed by atoms with Crippen molar-refractivity contribution in [1.82, 2.24) is 0 Å². The van der Waals surface area contributed by atoms with Gasteiger partial charge in [-0.05, 0) is 0 Å². The first kappa shape index (κ1) is 12.9. The third-order valence-electron chi connectivity index (χ3n) is 1.03. The summed E-state index contributed by atoms with van der Waals surface area (Å²) in [5.74, 6) is 0.465. The van der Waals surface area contributed by atoms with Gasteiger partial charge in [0.05, 0.1) is 0 Å². The van der Waals surface area contributed by atoms with Gasteiger partial charge in [0, 0.05) is 0 Å². The average Bonchev–Trinajstić information content (AvgIpc) is 2.10. The van der Waals surface area contributed by atoms with Crippen molar-refractivity contribution in [1.29, 1.82) is 0 Å². The minimum absolute atomic E-state index is 0.234. The summed E-state index contributed by atoms with van der Waals surface area (Å²) in [6, 6.07) is 0. The van der Waals surface area contributed by atoms with Gasteiger partial charge in [-0.25, -0.2) is 0 Å². The zero-order valence-electron chi connectivity index (χ0n) is 7.18. The number of hydrogen-bond donors (Lipinski definition) is 0. The van der Waals surface area contributed by atoms with E-state index in [1.54, 1.807) is 13.0 Å². The molecule has 0 aromatic heterocycles. The zero-order chi connectivity index (χ0) is 10.3. The molecule has 0 aromatic carbocycles. The molecule has 0 amide bonds. The number of ether oxygens (including phenoxy) is 1. The maximum atomic E-state index is 10.6. The van der Waals surface area contributed by atoms with Gasteiger partial charge >= 0.3 is 99.0 Å². The van der Waals surface area contributed by atoms with Gasteiger partial charge in [-0.15, -0.1) is 0 Å². The van der Waals surface area contributed by atoms with Gasteiger partial charge in [-0.2, -0.15) is 0 Å². The van der Waals surface area contributed by atoms with Crippen LogP contribution < -0.4 is 0 Å². The van der Waals surface area contributed by atoms with Crippen LogP contribution in [0.3, 0.4) is 0 Å². The molecule has 0 aliphatic carbocycles. The van der Waals surface area contributed by atoms with E-state index in [4.69, 9.17) is 4.74 Å². The summed E-state index contributed by atoms with van der Waals surface area (Å²) in [6.07, 6.45) is 2.33. The van der Waals surface area contributed by atoms with Crippen LogP contribution in [0, 0.1) is 0 Å². The number of rotatable bonds is 5. The Kier molecular flexibility index (Phi) is 7.30. The maximum absolute atomic E-state index is 10.6. The van der Waals surface area contributed by atoms with E-state index in [1.807, 2.05) is 6.92 Å². The first-order chi connectivity index (χ1) is 6.15. The fourth-order valence-electron chi connectivity index (χ4n) is 0.589. The summed E-state index contributed by atoms with van der Waals surface area (Å²) >= 11 is 2.17. The fourth-order valence-corrected chi connectivity index (χ4v) is 1.23. The molecule has 0 saturated heterocycles. The van der Waals surface area contributed by atoms with Crippen molar-refractivity contribution in [2.75, 3.05) is 0 Å². The predicted molar refractivity (Wildman–Crippen MR) is 41.5 cm³/mol. The third-order valence-corrected chi connectivity index (χ3v) is 1.62. The molecule has 0 aliphatic rings. The molecule has 0 unspecified atom stereocenters. The Balaban J connectivity index is 4.75. The van der Waals surface area contributed by atoms with E-state index >= 15 is 0 Å². The van der Waals surface area contributed by atoms with Gasteiger partial charge in [0.15, 0.2) is 0 Å². The molecule has 0 N–H and O–H groups in total. The Morgan fingerprint density at radius 2 is 2.15 bits per heavy atom. The van der Waals surface area contributed by atoms with Gasteiger partial charge in [-0.1, -0.05) is 0 Å². The van der Waals surface area contributed by atoms with Crippen LogP contribution in [0.15, 0.2) is 20.5 Å². The van der Waals surface area contributed by atoms with Gasteiger partial charge < -0.3 is 0 Å². The van der Waals surface area contributed by atoms with Crippen molar-refractivity contribution >= 4 is 16.1 Å². The molecule has 0 spiro atoms. The average molecular weight is 520 g/mol. The SMILES string of the molecule is CC=C(O[C](C)=[W])C(C=O)=N[N]=[W]. The van der Waals surface area contributed by atoms with Gasteiger partial charge in [-0.3, -0.25) is 0 Å². The van der Waals surface area contributed by atoms with E-state index in [9.17, 15) is 4.79 Å². The first-order valence-corrected chi connectivity index (χ1v) is 6.14. The fraction of sp³-hybridized carbons (Fsp3) is 0.286. The Labute approximate surface area is 98.6 Å². The quantitative estimate of drug-likeness (QED) is 0.234. The first-order valence-electron chi connectivity index (χ1n) is 3.36. The molecular weight excluding hydrogens is 512 g/mol. The van der Waals surface area contributed by atoms with Crippen LogP contribution in [0.25, 0.3) is 0 Å². The van der Waals surface area contributed by atoms with E-state index in [0.717, 1.165) is 23.7 Å². The van der Waals surface area contributed by atoms with Crippen LogP contribution in [0.1, 0.15) is 13.8 Å². The molecular formula is C7H8N2O2W2. The zero-order valence-corrected chi connectivity index (χ0v) is 13.0. The molecule has 6 heteroatoms. The van der Waals surface area contributed by atoms with E-state index in [1.165, 1.54) is 19.4 Å². The number of aldehydes is 1. The minimum atomic E-state index is 0.234. The molecule has 4 nitrogen and oxygen atoms in total. The van der Waals surface area contributed by atoms with Crippen molar-refractivity contribution in [2.24, 2.45) is 8.71 Å². The van der Waals surface area contributed by atoms with E-state index in [2.05, 4.69) is 8.71 Å². The van der Waals surface area contributed by atoms with Gasteiger partial charge in [0.2, 0.25) is 0 Å². The molecule has 0 saturated carbocycles. The van der Waals surface area contributed by atoms with E-state index in [0.29, 0.717) is 12.0 Å². The molecule has 0 bridgehead atoms. The Hall–Kier alpha value is -0.0734. The summed E-state index contributed by atoms with van der Waals surface area (Å²) in [5, 5.41) is 3.68. The van der Waals surface area contributed by atoms with Crippen LogP contribution in [-0.2, 0) is 48.5 Å². The van der Waals surface area contributed by atoms with Crippen molar-refractivity contribution in [3.8, 4) is 0 Å². The normalized spacial score (nSPS) is 12.2. The summed E-state index contributed by atoms with van der Waals surface area (Å²) in [5.41, 5.74) is 0.234. The van der Waals surface area contributed by atoms with Crippen molar-refractivity contribution in [3.63, 3.8) is 0 Å². The van der Waals surface area contributed by atoms with Gasteiger partial charge in [0.1, 0.15) is 0 Å². The van der Waals surface area contributed by atoms with Crippen LogP contribution in [0.5, 0.6) is 0 Å². The molecule has 70 valence electrons. The summed E-state index contributed by atoms with van der Waals surface area (Å²) in [7, 11) is 0. The standard InChI is InChI=1S/C7H8N2O2.2W/c1-3-7(11-4-2)6(5-10)9-8;;/h3,5H,1-2H3;;. The summed E-state index contributed by atoms with van der Waals surface area (Å²) in [4.78, 5) is 10.6. The predicted octanol–water partition coefficient (Wildman–Crippen LogP) is 0.889. The molecule has 13 heavy (non-hydrogen) atoms. The Morgan fingerprint density at radius 3 is 2.46 bits per heavy atom. The monoisotopic (exact) mass is 520 g/mol. The molecule has 0 aliphatic heterocycles. The van der Waals surface area contributed by atoms with Crippen LogP contribution in [0.4, 0.5) is 0 Å². The Bertz CT molecular complexity index is 284. The second-order valence-electron chi connectivity index (χ2n) is 1.93. The Morgan fingerprint density at radius 1 is 1.54 bits per heavy atom. The number of carbonyl (C=O) groups excluding carboxylic acids is 1. The van der Waals surface area contributed by atoms with Crippen LogP contribution in [-0.4, -0.2) is 16.1 Å². The van der Waals surface area contributed by atoms with Crippen molar-refractivity contribution in [3.05, 3.63) is 11.8 Å². The van der Waals surface area contributed by atoms with E-state index < -0.39 is 0 Å². The molecule has 0 atom stereocenters. The number of nitrogens with zero attached hydrogens (tertiary/aromatic N) is 2. The third kappa shape index (κ3) is 5.27. The summed E-state index contributed by atoms with van der Waals surface area (Å²) in [6.45, 7) is 3.63. The molecule has 0 aromatic rings. The number of allylic oxidation sites excluding steroid dienone is 2. The second-order valence-corrected chi connectivity index (χ2v) is 4.58. The summed E-state index contributed by atoms with van der Waals surface area (Å²) < 4.78 is 9.75. The van der Waals surface area contributed by atoms with Crippen LogP contribution >= 0.6 is 0 Å². The van der Waals surface area contributed by atoms with Gasteiger partial charge in [0.25, 0.3) is 0 Å². The molecule has 0 rings (SSSR count). The molecule has 0 fully saturated rings.